The molecular weight excluding hydrogens is 452 g/mol. The Bertz CT molecular complexity index is 844. The molecule has 5 fully saturated rings. The van der Waals surface area contributed by atoms with Crippen molar-refractivity contribution in [2.24, 2.45) is 0 Å². The van der Waals surface area contributed by atoms with Gasteiger partial charge in [-0.25, -0.2) is 0 Å². The van der Waals surface area contributed by atoms with Gasteiger partial charge in [0.15, 0.2) is 0 Å². The zero-order valence-electron chi connectivity index (χ0n) is 19.5. The first kappa shape index (κ1) is 23.2. The molecule has 0 aromatic heterocycles. The van der Waals surface area contributed by atoms with Crippen LogP contribution < -0.4 is 0 Å². The smallest absolute Gasteiger partial charge is 0.227 e. The van der Waals surface area contributed by atoms with Crippen LogP contribution in [-0.4, -0.2) is 86.8 Å². The summed E-state index contributed by atoms with van der Waals surface area (Å²) in [5.41, 5.74) is 1.89. The first-order chi connectivity index (χ1) is 16.0. The Morgan fingerprint density at radius 3 is 1.64 bits per heavy atom. The van der Waals surface area contributed by atoms with Gasteiger partial charge >= 0.3 is 0 Å². The number of allylic oxidation sites excluding steroid dienone is 1. The molecule has 3 aliphatic carbocycles. The fraction of sp³-hybridized carbons (Fsp3) is 0.720. The normalized spacial score (nSPS) is 25.5. The molecule has 0 atom stereocenters. The number of thiol groups is 1. The van der Waals surface area contributed by atoms with E-state index in [0.717, 1.165) is 43.6 Å². The lowest BCUT2D eigenvalue weighted by atomic mass is 9.89. The van der Waals surface area contributed by atoms with Gasteiger partial charge in [-0.2, -0.15) is 0 Å². The third kappa shape index (κ3) is 5.42. The quantitative estimate of drug-likeness (QED) is 0.276. The van der Waals surface area contributed by atoms with Crippen LogP contribution in [0.4, 0.5) is 0 Å². The topological polar surface area (TPSA) is 46.4 Å². The minimum atomic E-state index is 0.00546. The summed E-state index contributed by atoms with van der Waals surface area (Å²) in [6.45, 7) is 5.41. The lowest BCUT2D eigenvalue weighted by molar-refractivity contribution is -0.117. The molecule has 0 aromatic carbocycles. The van der Waals surface area contributed by atoms with Crippen molar-refractivity contribution in [2.75, 3.05) is 39.3 Å². The Balaban J connectivity index is 0.000000139. The minimum absolute atomic E-state index is 0.00546. The Morgan fingerprint density at radius 1 is 0.758 bits per heavy atom. The monoisotopic (exact) mass is 488 g/mol. The highest BCUT2D eigenvalue weighted by Gasteiger charge is 2.43. The predicted molar refractivity (Wildman–Crippen MR) is 137 cm³/mol. The lowest BCUT2D eigenvalue weighted by Gasteiger charge is -2.42. The first-order valence-corrected chi connectivity index (χ1v) is 13.7. The molecule has 180 valence electrons. The number of rotatable bonds is 5. The van der Waals surface area contributed by atoms with E-state index < -0.39 is 0 Å². The molecule has 0 spiro atoms. The number of thiocarbonyl (C=S) groups is 1. The summed E-state index contributed by atoms with van der Waals surface area (Å²) >= 11 is 9.84. The van der Waals surface area contributed by atoms with Crippen molar-refractivity contribution in [2.45, 2.75) is 76.3 Å². The van der Waals surface area contributed by atoms with Crippen molar-refractivity contribution in [1.29, 1.82) is 0 Å². The summed E-state index contributed by atoms with van der Waals surface area (Å²) in [7, 11) is 0. The Morgan fingerprint density at radius 2 is 1.21 bits per heavy atom. The fourth-order valence-corrected chi connectivity index (χ4v) is 6.23. The van der Waals surface area contributed by atoms with Crippen molar-refractivity contribution in [3.8, 4) is 0 Å². The number of ketones is 2. The number of Topliss-reactive ketones (excluding diaryl/α,β-unsaturated/α-hetero) is 1. The number of hydrogen-bond acceptors (Lipinski definition) is 6. The molecule has 2 saturated carbocycles. The third-order valence-corrected chi connectivity index (χ3v) is 8.09. The minimum Gasteiger partial charge on any atom is -0.365 e. The van der Waals surface area contributed by atoms with Crippen LogP contribution in [0, 0.1) is 0 Å². The average Bonchev–Trinajstić information content (AvgIpc) is 3.66. The second kappa shape index (κ2) is 9.98. The second-order valence-corrected chi connectivity index (χ2v) is 11.3. The maximum Gasteiger partial charge on any atom is 0.227 e. The summed E-state index contributed by atoms with van der Waals surface area (Å²) in [4.78, 5) is 33.0. The van der Waals surface area contributed by atoms with Gasteiger partial charge < -0.3 is 19.6 Å². The van der Waals surface area contributed by atoms with Crippen LogP contribution in [0.5, 0.6) is 0 Å². The van der Waals surface area contributed by atoms with E-state index in [0.29, 0.717) is 29.2 Å². The van der Waals surface area contributed by atoms with Crippen molar-refractivity contribution in [3.63, 3.8) is 0 Å². The molecular formula is C25H36N4O2S2. The number of carbonyl (C=O) groups is 2. The maximum absolute atomic E-state index is 12.4. The summed E-state index contributed by atoms with van der Waals surface area (Å²) in [6.07, 6.45) is 15.2. The largest absolute Gasteiger partial charge is 0.365 e. The Kier molecular flexibility index (Phi) is 7.02. The van der Waals surface area contributed by atoms with Crippen LogP contribution in [0.1, 0.15) is 64.2 Å². The molecule has 0 aromatic rings. The molecule has 6 nitrogen and oxygen atoms in total. The van der Waals surface area contributed by atoms with Crippen molar-refractivity contribution in [1.82, 2.24) is 19.6 Å². The van der Waals surface area contributed by atoms with Gasteiger partial charge in [-0.1, -0.05) is 50.7 Å². The van der Waals surface area contributed by atoms with Crippen LogP contribution in [0.2, 0.25) is 0 Å². The van der Waals surface area contributed by atoms with Crippen LogP contribution in [0.15, 0.2) is 23.2 Å². The molecule has 0 unspecified atom stereocenters. The van der Waals surface area contributed by atoms with E-state index in [9.17, 15) is 9.59 Å². The third-order valence-electron chi connectivity index (χ3n) is 7.65. The molecule has 0 bridgehead atoms. The van der Waals surface area contributed by atoms with E-state index in [4.69, 9.17) is 12.2 Å². The van der Waals surface area contributed by atoms with Crippen LogP contribution in [-0.2, 0) is 9.59 Å². The highest BCUT2D eigenvalue weighted by atomic mass is 32.1. The number of carbonyl (C=O) groups excluding carboxylic acids is 2. The van der Waals surface area contributed by atoms with E-state index in [2.05, 4.69) is 17.5 Å². The molecule has 3 aliphatic heterocycles. The molecule has 0 N–H and O–H groups in total. The summed E-state index contributed by atoms with van der Waals surface area (Å²) < 4.78 is 0.846. The zero-order chi connectivity index (χ0) is 22.9. The average molecular weight is 489 g/mol. The van der Waals surface area contributed by atoms with Gasteiger partial charge in [0.1, 0.15) is 15.7 Å². The SMILES string of the molecule is O=C1C=C(N2CC2)C(=O)C(N2CC2)=C1N1CC1.S=C(S)N(C1CCCCC1)C1CCCCC1. The van der Waals surface area contributed by atoms with Crippen LogP contribution in [0.3, 0.4) is 0 Å². The summed E-state index contributed by atoms with van der Waals surface area (Å²) in [6, 6.07) is 1.39. The van der Waals surface area contributed by atoms with Gasteiger partial charge in [0.2, 0.25) is 11.6 Å². The van der Waals surface area contributed by atoms with Gasteiger partial charge in [0.25, 0.3) is 0 Å². The highest BCUT2D eigenvalue weighted by Crippen LogP contribution is 2.34. The highest BCUT2D eigenvalue weighted by molar-refractivity contribution is 8.10. The Labute approximate surface area is 208 Å². The van der Waals surface area contributed by atoms with Gasteiger partial charge in [-0.15, -0.1) is 12.6 Å². The maximum atomic E-state index is 12.4. The van der Waals surface area contributed by atoms with Crippen molar-refractivity contribution < 1.29 is 9.59 Å². The standard InChI is InChI=1S/C13H23NS2.C12H13N3O2/c15-13(16)14(11-7-3-1-4-8-11)12-9-5-2-6-10-12;16-9-7-8(13-1-2-13)12(17)11(15-5-6-15)10(9)14-3-4-14/h11-12H,1-10H2,(H,15,16);7H,1-6H2. The van der Waals surface area contributed by atoms with Crippen molar-refractivity contribution in [3.05, 3.63) is 23.2 Å². The molecule has 3 heterocycles. The lowest BCUT2D eigenvalue weighted by Crippen LogP contribution is -2.46. The van der Waals surface area contributed by atoms with Gasteiger partial charge in [0, 0.05) is 57.4 Å². The van der Waals surface area contributed by atoms with E-state index in [-0.39, 0.29) is 11.6 Å². The molecule has 8 heteroatoms. The molecule has 3 saturated heterocycles. The first-order valence-electron chi connectivity index (χ1n) is 12.9. The number of hydrogen-bond donors (Lipinski definition) is 1. The van der Waals surface area contributed by atoms with E-state index >= 15 is 0 Å². The van der Waals surface area contributed by atoms with Gasteiger partial charge in [0.05, 0.1) is 5.70 Å². The van der Waals surface area contributed by atoms with Crippen LogP contribution in [0.25, 0.3) is 0 Å². The van der Waals surface area contributed by atoms with Crippen molar-refractivity contribution >= 4 is 40.7 Å². The van der Waals surface area contributed by atoms with E-state index in [1.807, 2.05) is 14.7 Å². The fourth-order valence-electron chi connectivity index (χ4n) is 5.60. The second-order valence-electron chi connectivity index (χ2n) is 10.2. The predicted octanol–water partition coefficient (Wildman–Crippen LogP) is 3.35. The van der Waals surface area contributed by atoms with Gasteiger partial charge in [-0.3, -0.25) is 9.59 Å². The van der Waals surface area contributed by atoms with E-state index in [1.54, 1.807) is 0 Å². The van der Waals surface area contributed by atoms with Gasteiger partial charge in [-0.05, 0) is 25.7 Å². The molecule has 0 amide bonds. The van der Waals surface area contributed by atoms with Crippen LogP contribution >= 0.6 is 24.8 Å². The Hall–Kier alpha value is -1.54. The molecule has 6 rings (SSSR count). The molecule has 0 radical (unpaired) electrons. The molecule has 6 aliphatic rings. The van der Waals surface area contributed by atoms with E-state index in [1.165, 1.54) is 70.3 Å². The zero-order valence-corrected chi connectivity index (χ0v) is 21.2. The summed E-state index contributed by atoms with van der Waals surface area (Å²) in [5.74, 6) is 0.0485. The molecule has 33 heavy (non-hydrogen) atoms. The summed E-state index contributed by atoms with van der Waals surface area (Å²) in [5, 5.41) is 0. The number of nitrogens with zero attached hydrogens (tertiary/aromatic N) is 4.